The molecule has 108 valence electrons. The zero-order chi connectivity index (χ0) is 14.7. The third-order valence-electron chi connectivity index (χ3n) is 3.06. The fourth-order valence-corrected chi connectivity index (χ4v) is 2.29. The van der Waals surface area contributed by atoms with Gasteiger partial charge in [-0.25, -0.2) is 4.39 Å². The van der Waals surface area contributed by atoms with Gasteiger partial charge in [-0.2, -0.15) is 0 Å². The average Bonchev–Trinajstić information content (AvgIpc) is 2.42. The van der Waals surface area contributed by atoms with E-state index in [1.165, 1.54) is 17.0 Å². The monoisotopic (exact) mass is 344 g/mol. The summed E-state index contributed by atoms with van der Waals surface area (Å²) in [6.45, 7) is 0.596. The second kappa shape index (κ2) is 6.32. The number of halogens is 2. The fraction of sp³-hybridized carbons (Fsp3) is 0.385. The second-order valence-electron chi connectivity index (χ2n) is 4.63. The van der Waals surface area contributed by atoms with Gasteiger partial charge in [-0.15, -0.1) is 0 Å². The molecule has 2 N–H and O–H groups in total. The lowest BCUT2D eigenvalue weighted by molar-refractivity contribution is -0.145. The van der Waals surface area contributed by atoms with E-state index in [1.54, 1.807) is 0 Å². The van der Waals surface area contributed by atoms with Gasteiger partial charge in [0.05, 0.1) is 10.6 Å². The van der Waals surface area contributed by atoms with Crippen molar-refractivity contribution in [3.63, 3.8) is 0 Å². The van der Waals surface area contributed by atoms with Gasteiger partial charge in [0.25, 0.3) is 0 Å². The number of nitrogens with zero attached hydrogens (tertiary/aromatic N) is 1. The number of β-amino-alcohol motifs (C(OH)–C–C–N with tert-alkyl or cyclic N) is 1. The smallest absolute Gasteiger partial charge is 0.313 e. The van der Waals surface area contributed by atoms with E-state index < -0.39 is 23.7 Å². The molecule has 2 amide bonds. The lowest BCUT2D eigenvalue weighted by Crippen LogP contribution is -2.46. The van der Waals surface area contributed by atoms with Crippen molar-refractivity contribution < 1.29 is 19.1 Å². The van der Waals surface area contributed by atoms with Crippen LogP contribution in [0.3, 0.4) is 0 Å². The average molecular weight is 345 g/mol. The highest BCUT2D eigenvalue weighted by molar-refractivity contribution is 9.10. The molecule has 2 rings (SSSR count). The summed E-state index contributed by atoms with van der Waals surface area (Å²) < 4.78 is 13.6. The van der Waals surface area contributed by atoms with E-state index in [-0.39, 0.29) is 16.7 Å². The Labute approximate surface area is 123 Å². The summed E-state index contributed by atoms with van der Waals surface area (Å²) in [6, 6.07) is 4.06. The van der Waals surface area contributed by atoms with Crippen LogP contribution in [0.4, 0.5) is 10.1 Å². The van der Waals surface area contributed by atoms with E-state index in [0.717, 1.165) is 6.07 Å². The maximum Gasteiger partial charge on any atom is 0.313 e. The molecule has 1 unspecified atom stereocenters. The van der Waals surface area contributed by atoms with E-state index >= 15 is 0 Å². The number of carbonyl (C=O) groups excluding carboxylic acids is 2. The molecule has 0 spiro atoms. The molecule has 7 heteroatoms. The largest absolute Gasteiger partial charge is 0.391 e. The van der Waals surface area contributed by atoms with Crippen LogP contribution in [0.15, 0.2) is 22.7 Å². The predicted molar refractivity (Wildman–Crippen MR) is 74.6 cm³/mol. The summed E-state index contributed by atoms with van der Waals surface area (Å²) in [5.74, 6) is -2.07. The number of rotatable bonds is 1. The molecular weight excluding hydrogens is 331 g/mol. The van der Waals surface area contributed by atoms with Crippen LogP contribution in [0, 0.1) is 5.82 Å². The van der Waals surface area contributed by atoms with Crippen molar-refractivity contribution in [2.75, 3.05) is 18.4 Å². The summed E-state index contributed by atoms with van der Waals surface area (Å²) in [7, 11) is 0. The van der Waals surface area contributed by atoms with Crippen molar-refractivity contribution in [2.24, 2.45) is 0 Å². The summed E-state index contributed by atoms with van der Waals surface area (Å²) in [6.07, 6.45) is 0.696. The van der Waals surface area contributed by atoms with Gasteiger partial charge >= 0.3 is 11.8 Å². The Bertz CT molecular complexity index is 538. The first-order valence-electron chi connectivity index (χ1n) is 6.21. The molecular formula is C13H14BrFN2O3. The Kier molecular flexibility index (Phi) is 4.72. The van der Waals surface area contributed by atoms with Crippen molar-refractivity contribution in [3.05, 3.63) is 28.5 Å². The maximum absolute atomic E-state index is 13.3. The molecule has 0 aromatic heterocycles. The van der Waals surface area contributed by atoms with E-state index in [1.807, 2.05) is 0 Å². The minimum atomic E-state index is -0.833. The molecule has 1 aromatic rings. The van der Waals surface area contributed by atoms with Gasteiger partial charge in [0, 0.05) is 18.8 Å². The van der Waals surface area contributed by atoms with Gasteiger partial charge in [-0.1, -0.05) is 0 Å². The molecule has 0 aliphatic carbocycles. The van der Waals surface area contributed by atoms with Crippen molar-refractivity contribution >= 4 is 33.4 Å². The number of amides is 2. The Morgan fingerprint density at radius 2 is 2.20 bits per heavy atom. The Morgan fingerprint density at radius 3 is 2.85 bits per heavy atom. The molecule has 0 bridgehead atoms. The van der Waals surface area contributed by atoms with Crippen LogP contribution >= 0.6 is 15.9 Å². The van der Waals surface area contributed by atoms with Crippen molar-refractivity contribution in [1.29, 1.82) is 0 Å². The molecule has 1 aliphatic rings. The topological polar surface area (TPSA) is 69.6 Å². The molecule has 5 nitrogen and oxygen atoms in total. The minimum absolute atomic E-state index is 0.154. The van der Waals surface area contributed by atoms with Gasteiger partial charge in [0.2, 0.25) is 0 Å². The van der Waals surface area contributed by atoms with E-state index in [4.69, 9.17) is 0 Å². The summed E-state index contributed by atoms with van der Waals surface area (Å²) >= 11 is 3.00. The van der Waals surface area contributed by atoms with Gasteiger partial charge in [-0.3, -0.25) is 9.59 Å². The molecule has 20 heavy (non-hydrogen) atoms. The zero-order valence-electron chi connectivity index (χ0n) is 10.6. The number of hydrogen-bond acceptors (Lipinski definition) is 3. The molecule has 1 aliphatic heterocycles. The summed E-state index contributed by atoms with van der Waals surface area (Å²) in [5.41, 5.74) is 0.210. The van der Waals surface area contributed by atoms with Crippen LogP contribution in [-0.2, 0) is 9.59 Å². The highest BCUT2D eigenvalue weighted by atomic mass is 79.9. The zero-order valence-corrected chi connectivity index (χ0v) is 12.2. The second-order valence-corrected chi connectivity index (χ2v) is 5.48. The number of carbonyl (C=O) groups is 2. The summed E-state index contributed by atoms with van der Waals surface area (Å²) in [4.78, 5) is 25.0. The van der Waals surface area contributed by atoms with Crippen molar-refractivity contribution in [2.45, 2.75) is 18.9 Å². The van der Waals surface area contributed by atoms with Crippen LogP contribution in [0.1, 0.15) is 12.8 Å². The Balaban J connectivity index is 2.00. The first-order chi connectivity index (χ1) is 9.47. The van der Waals surface area contributed by atoms with Crippen LogP contribution in [0.2, 0.25) is 0 Å². The highest BCUT2D eigenvalue weighted by Gasteiger charge is 2.26. The molecule has 0 radical (unpaired) electrons. The van der Waals surface area contributed by atoms with Gasteiger partial charge in [0.1, 0.15) is 5.82 Å². The van der Waals surface area contributed by atoms with Crippen LogP contribution in [-0.4, -0.2) is 41.0 Å². The molecule has 1 atom stereocenters. The number of benzene rings is 1. The van der Waals surface area contributed by atoms with Crippen molar-refractivity contribution in [3.8, 4) is 0 Å². The number of anilines is 1. The number of likely N-dealkylation sites (tertiary alicyclic amines) is 1. The minimum Gasteiger partial charge on any atom is -0.391 e. The molecule has 1 aromatic carbocycles. The lowest BCUT2D eigenvalue weighted by atomic mass is 10.1. The lowest BCUT2D eigenvalue weighted by Gasteiger charge is -2.29. The number of nitrogens with one attached hydrogen (secondary N) is 1. The van der Waals surface area contributed by atoms with Crippen LogP contribution < -0.4 is 5.32 Å². The number of piperidine rings is 1. The third kappa shape index (κ3) is 3.55. The van der Waals surface area contributed by atoms with Gasteiger partial charge in [-0.05, 0) is 47.0 Å². The Morgan fingerprint density at radius 1 is 1.45 bits per heavy atom. The number of aliphatic hydroxyl groups is 1. The van der Waals surface area contributed by atoms with Gasteiger partial charge < -0.3 is 15.3 Å². The Hall–Kier alpha value is -1.47. The highest BCUT2D eigenvalue weighted by Crippen LogP contribution is 2.19. The molecule has 1 saturated heterocycles. The van der Waals surface area contributed by atoms with Crippen molar-refractivity contribution in [1.82, 2.24) is 4.90 Å². The third-order valence-corrected chi connectivity index (χ3v) is 3.70. The van der Waals surface area contributed by atoms with Gasteiger partial charge in [0.15, 0.2) is 0 Å². The molecule has 1 heterocycles. The first-order valence-corrected chi connectivity index (χ1v) is 7.00. The fourth-order valence-electron chi connectivity index (χ4n) is 2.04. The van der Waals surface area contributed by atoms with Crippen LogP contribution in [0.5, 0.6) is 0 Å². The van der Waals surface area contributed by atoms with Crippen LogP contribution in [0.25, 0.3) is 0 Å². The molecule has 1 fully saturated rings. The summed E-state index contributed by atoms with van der Waals surface area (Å²) in [5, 5.41) is 11.8. The number of aliphatic hydroxyl groups excluding tert-OH is 1. The van der Waals surface area contributed by atoms with E-state index in [2.05, 4.69) is 21.2 Å². The first kappa shape index (κ1) is 14.9. The number of hydrogen-bond donors (Lipinski definition) is 2. The SMILES string of the molecule is O=C(Nc1ccc(Br)c(F)c1)C(=O)N1CCCC(O)C1. The molecule has 0 saturated carbocycles. The predicted octanol–water partition coefficient (Wildman–Crippen LogP) is 1.51. The maximum atomic E-state index is 13.3. The normalized spacial score (nSPS) is 18.8. The van der Waals surface area contributed by atoms with E-state index in [0.29, 0.717) is 19.4 Å². The standard InChI is InChI=1S/C13H14BrFN2O3/c14-10-4-3-8(6-11(10)15)16-12(19)13(20)17-5-1-2-9(18)7-17/h3-4,6,9,18H,1-2,5,7H2,(H,16,19). The van der Waals surface area contributed by atoms with E-state index in [9.17, 15) is 19.1 Å². The quantitative estimate of drug-likeness (QED) is 0.758.